The van der Waals surface area contributed by atoms with Crippen molar-refractivity contribution < 1.29 is 14.6 Å². The number of aromatic nitrogens is 1. The van der Waals surface area contributed by atoms with Gasteiger partial charge in [0.05, 0.1) is 6.20 Å². The van der Waals surface area contributed by atoms with Crippen LogP contribution in [0.15, 0.2) is 6.20 Å². The zero-order valence-corrected chi connectivity index (χ0v) is 16.3. The highest BCUT2D eigenvalue weighted by atomic mass is 32.1. The molecule has 1 aliphatic rings. The minimum Gasteiger partial charge on any atom is -0.467 e. The smallest absolute Gasteiger partial charge is 0.273 e. The van der Waals surface area contributed by atoms with Gasteiger partial charge in [-0.25, -0.2) is 4.98 Å². The summed E-state index contributed by atoms with van der Waals surface area (Å²) in [6, 6.07) is 0. The zero-order chi connectivity index (χ0) is 18.3. The van der Waals surface area contributed by atoms with Crippen LogP contribution in [0, 0.1) is 5.92 Å². The Balaban J connectivity index is 1.67. The van der Waals surface area contributed by atoms with Gasteiger partial charge in [-0.2, -0.15) is 0 Å². The molecule has 1 aliphatic carbocycles. The third-order valence-electron chi connectivity index (χ3n) is 4.29. The molecule has 25 heavy (non-hydrogen) atoms. The number of rotatable bonds is 9. The lowest BCUT2D eigenvalue weighted by Crippen LogP contribution is -2.42. The Morgan fingerprint density at radius 2 is 2.16 bits per heavy atom. The summed E-state index contributed by atoms with van der Waals surface area (Å²) in [6.45, 7) is 7.44. The Morgan fingerprint density at radius 3 is 2.84 bits per heavy atom. The second-order valence-electron chi connectivity index (χ2n) is 7.78. The third kappa shape index (κ3) is 7.71. The molecule has 0 saturated heterocycles. The van der Waals surface area contributed by atoms with E-state index in [1.165, 1.54) is 43.2 Å². The first-order chi connectivity index (χ1) is 11.8. The number of β-amino-alcohol motifs (C(OH)–C–C–N with tert-alkyl or cyclic N) is 1. The predicted molar refractivity (Wildman–Crippen MR) is 100 cm³/mol. The molecule has 0 aliphatic heterocycles. The summed E-state index contributed by atoms with van der Waals surface area (Å²) in [5, 5.41) is 16.5. The second-order valence-corrected chi connectivity index (χ2v) is 8.77. The largest absolute Gasteiger partial charge is 0.467 e. The molecule has 6 nitrogen and oxygen atoms in total. The van der Waals surface area contributed by atoms with Crippen molar-refractivity contribution in [2.24, 2.45) is 5.92 Å². The number of carbonyl (C=O) groups is 1. The Morgan fingerprint density at radius 1 is 1.44 bits per heavy atom. The summed E-state index contributed by atoms with van der Waals surface area (Å²) >= 11 is 1.21. The van der Waals surface area contributed by atoms with Crippen molar-refractivity contribution in [3.8, 4) is 5.19 Å². The Bertz CT molecular complexity index is 536. The first-order valence-electron chi connectivity index (χ1n) is 9.13. The van der Waals surface area contributed by atoms with Gasteiger partial charge in [0.25, 0.3) is 11.1 Å². The maximum absolute atomic E-state index is 12.1. The maximum Gasteiger partial charge on any atom is 0.273 e. The highest BCUT2D eigenvalue weighted by molar-refractivity contribution is 7.15. The van der Waals surface area contributed by atoms with Gasteiger partial charge in [0, 0.05) is 18.6 Å². The minimum atomic E-state index is -0.619. The summed E-state index contributed by atoms with van der Waals surface area (Å²) in [7, 11) is 0. The SMILES string of the molecule is CC(C)(C)NCC(O)COc1ncc(C(=O)NCCC2CCCC2)s1. The van der Waals surface area contributed by atoms with E-state index in [0.29, 0.717) is 16.6 Å². The van der Waals surface area contributed by atoms with Gasteiger partial charge in [-0.3, -0.25) is 4.79 Å². The number of amides is 1. The van der Waals surface area contributed by atoms with Crippen LogP contribution in [0.5, 0.6) is 5.19 Å². The molecule has 1 saturated carbocycles. The number of aliphatic hydroxyl groups excluding tert-OH is 1. The average molecular weight is 370 g/mol. The van der Waals surface area contributed by atoms with Crippen LogP contribution >= 0.6 is 11.3 Å². The molecule has 1 aromatic heterocycles. The lowest BCUT2D eigenvalue weighted by atomic mass is 10.0. The number of carbonyl (C=O) groups excluding carboxylic acids is 1. The van der Waals surface area contributed by atoms with Crippen molar-refractivity contribution in [2.45, 2.75) is 64.5 Å². The Kier molecular flexibility index (Phi) is 7.65. The molecule has 0 spiro atoms. The molecule has 0 radical (unpaired) electrons. The van der Waals surface area contributed by atoms with E-state index < -0.39 is 6.10 Å². The molecule has 1 atom stereocenters. The molecule has 0 aromatic carbocycles. The quantitative estimate of drug-likeness (QED) is 0.623. The fraction of sp³-hybridized carbons (Fsp3) is 0.778. The Hall–Kier alpha value is -1.18. The topological polar surface area (TPSA) is 83.5 Å². The van der Waals surface area contributed by atoms with Crippen LogP contribution in [0.1, 0.15) is 62.5 Å². The average Bonchev–Trinajstić information content (AvgIpc) is 3.21. The van der Waals surface area contributed by atoms with Gasteiger partial charge in [-0.15, -0.1) is 0 Å². The highest BCUT2D eigenvalue weighted by Crippen LogP contribution is 2.27. The summed E-state index contributed by atoms with van der Waals surface area (Å²) in [6.07, 6.45) is 7.20. The molecule has 2 rings (SSSR count). The van der Waals surface area contributed by atoms with E-state index in [2.05, 4.69) is 15.6 Å². The van der Waals surface area contributed by atoms with E-state index in [1.54, 1.807) is 0 Å². The van der Waals surface area contributed by atoms with Crippen LogP contribution in [-0.4, -0.2) is 47.3 Å². The molecule has 1 aromatic rings. The zero-order valence-electron chi connectivity index (χ0n) is 15.5. The van der Waals surface area contributed by atoms with Gasteiger partial charge in [0.2, 0.25) is 0 Å². The standard InChI is InChI=1S/C18H31N3O3S/c1-18(2,3)21-10-14(22)12-24-17-20-11-15(25-17)16(23)19-9-8-13-6-4-5-7-13/h11,13-14,21-22H,4-10,12H2,1-3H3,(H,19,23). The van der Waals surface area contributed by atoms with E-state index >= 15 is 0 Å². The molecular formula is C18H31N3O3S. The number of thiazole rings is 1. The van der Waals surface area contributed by atoms with Gasteiger partial charge in [-0.1, -0.05) is 37.0 Å². The second kappa shape index (κ2) is 9.50. The van der Waals surface area contributed by atoms with Gasteiger partial charge in [-0.05, 0) is 33.1 Å². The number of ether oxygens (including phenoxy) is 1. The molecule has 7 heteroatoms. The van der Waals surface area contributed by atoms with E-state index in [0.717, 1.165) is 18.9 Å². The summed E-state index contributed by atoms with van der Waals surface area (Å²) in [5.41, 5.74) is -0.0497. The predicted octanol–water partition coefficient (Wildman–Crippen LogP) is 2.58. The van der Waals surface area contributed by atoms with Crippen LogP contribution in [-0.2, 0) is 0 Å². The Labute approximate surface area is 154 Å². The van der Waals surface area contributed by atoms with E-state index in [4.69, 9.17) is 4.74 Å². The summed E-state index contributed by atoms with van der Waals surface area (Å²) < 4.78 is 5.49. The molecular weight excluding hydrogens is 338 g/mol. The van der Waals surface area contributed by atoms with Crippen LogP contribution in [0.25, 0.3) is 0 Å². The van der Waals surface area contributed by atoms with Crippen LogP contribution in [0.3, 0.4) is 0 Å². The molecule has 1 unspecified atom stereocenters. The number of hydrogen-bond donors (Lipinski definition) is 3. The minimum absolute atomic E-state index is 0.0497. The third-order valence-corrected chi connectivity index (χ3v) is 5.20. The molecule has 1 amide bonds. The van der Waals surface area contributed by atoms with Crippen molar-refractivity contribution in [1.29, 1.82) is 0 Å². The first-order valence-corrected chi connectivity index (χ1v) is 9.95. The summed E-state index contributed by atoms with van der Waals surface area (Å²) in [5.74, 6) is 0.671. The van der Waals surface area contributed by atoms with Gasteiger partial charge < -0.3 is 20.5 Å². The van der Waals surface area contributed by atoms with E-state index in [-0.39, 0.29) is 18.1 Å². The first kappa shape index (κ1) is 20.1. The molecule has 1 fully saturated rings. The van der Waals surface area contributed by atoms with Gasteiger partial charge >= 0.3 is 0 Å². The fourth-order valence-corrected chi connectivity index (χ4v) is 3.55. The van der Waals surface area contributed by atoms with Crippen molar-refractivity contribution in [3.63, 3.8) is 0 Å². The van der Waals surface area contributed by atoms with Crippen LogP contribution in [0.2, 0.25) is 0 Å². The van der Waals surface area contributed by atoms with Crippen LogP contribution < -0.4 is 15.4 Å². The van der Waals surface area contributed by atoms with Gasteiger partial charge in [0.1, 0.15) is 17.6 Å². The van der Waals surface area contributed by atoms with Crippen molar-refractivity contribution in [1.82, 2.24) is 15.6 Å². The van der Waals surface area contributed by atoms with Gasteiger partial charge in [0.15, 0.2) is 0 Å². The monoisotopic (exact) mass is 369 g/mol. The van der Waals surface area contributed by atoms with Crippen molar-refractivity contribution in [2.75, 3.05) is 19.7 Å². The number of nitrogens with one attached hydrogen (secondary N) is 2. The van der Waals surface area contributed by atoms with Crippen molar-refractivity contribution >= 4 is 17.2 Å². The summed E-state index contributed by atoms with van der Waals surface area (Å²) in [4.78, 5) is 16.8. The molecule has 3 N–H and O–H groups in total. The van der Waals surface area contributed by atoms with E-state index in [1.807, 2.05) is 20.8 Å². The number of aliphatic hydroxyl groups is 1. The highest BCUT2D eigenvalue weighted by Gasteiger charge is 2.17. The molecule has 142 valence electrons. The molecule has 0 bridgehead atoms. The lowest BCUT2D eigenvalue weighted by molar-refractivity contribution is 0.0955. The van der Waals surface area contributed by atoms with E-state index in [9.17, 15) is 9.90 Å². The molecule has 1 heterocycles. The van der Waals surface area contributed by atoms with Crippen molar-refractivity contribution in [3.05, 3.63) is 11.1 Å². The maximum atomic E-state index is 12.1. The lowest BCUT2D eigenvalue weighted by Gasteiger charge is -2.22. The number of nitrogens with zero attached hydrogens (tertiary/aromatic N) is 1. The normalized spacial score (nSPS) is 16.8. The number of hydrogen-bond acceptors (Lipinski definition) is 6. The fourth-order valence-electron chi connectivity index (χ4n) is 2.86. The van der Waals surface area contributed by atoms with Crippen LogP contribution in [0.4, 0.5) is 0 Å².